The number of allylic oxidation sites excluding steroid dienone is 8. The minimum absolute atomic E-state index is 0.487. The van der Waals surface area contributed by atoms with E-state index in [-0.39, 0.29) is 0 Å². The van der Waals surface area contributed by atoms with Crippen molar-refractivity contribution in [3.05, 3.63) is 162 Å². The molecule has 3 heteroatoms. The zero-order chi connectivity index (χ0) is 32.8. The summed E-state index contributed by atoms with van der Waals surface area (Å²) < 4.78 is 0. The molecule has 232 valence electrons. The molecule has 0 atom stereocenters. The summed E-state index contributed by atoms with van der Waals surface area (Å²) in [5.41, 5.74) is 21.0. The number of hydrogen-bond acceptors (Lipinski definition) is 3. The Morgan fingerprint density at radius 2 is 1.60 bits per heavy atom. The van der Waals surface area contributed by atoms with Gasteiger partial charge in [-0.2, -0.15) is 0 Å². The van der Waals surface area contributed by atoms with Gasteiger partial charge < -0.3 is 11.1 Å². The van der Waals surface area contributed by atoms with Crippen LogP contribution in [0.5, 0.6) is 0 Å². The normalized spacial score (nSPS) is 13.7. The fraction of sp³-hybridized carbons (Fsp3) is 0.214. The second kappa shape index (κ2) is 17.5. The van der Waals surface area contributed by atoms with E-state index in [0.717, 1.165) is 64.2 Å². The molecule has 0 aromatic heterocycles. The second-order valence-electron chi connectivity index (χ2n) is 10.6. The summed E-state index contributed by atoms with van der Waals surface area (Å²) in [5.74, 6) is 0. The highest BCUT2D eigenvalue weighted by molar-refractivity contribution is 5.89. The zero-order valence-corrected chi connectivity index (χ0v) is 27.8. The molecular formula is C42H49N3. The van der Waals surface area contributed by atoms with Gasteiger partial charge in [0, 0.05) is 29.6 Å². The van der Waals surface area contributed by atoms with Crippen molar-refractivity contribution in [2.75, 3.05) is 11.9 Å². The van der Waals surface area contributed by atoms with Crippen LogP contribution < -0.4 is 11.1 Å². The van der Waals surface area contributed by atoms with Crippen LogP contribution in [0.4, 0.5) is 5.69 Å². The van der Waals surface area contributed by atoms with Gasteiger partial charge in [-0.25, -0.2) is 0 Å². The summed E-state index contributed by atoms with van der Waals surface area (Å²) >= 11 is 0. The molecule has 0 amide bonds. The van der Waals surface area contributed by atoms with Crippen LogP contribution in [-0.2, 0) is 6.42 Å². The number of nitrogens with two attached hydrogens (primary N) is 1. The average molecular weight is 596 g/mol. The average Bonchev–Trinajstić information content (AvgIpc) is 3.06. The number of hydrogen-bond donors (Lipinski definition) is 2. The fourth-order valence-corrected chi connectivity index (χ4v) is 5.37. The Labute approximate surface area is 271 Å². The molecule has 5 rings (SSSR count). The topological polar surface area (TPSA) is 50.4 Å². The van der Waals surface area contributed by atoms with Gasteiger partial charge in [0.05, 0.1) is 11.4 Å². The first-order valence-electron chi connectivity index (χ1n) is 16.0. The molecular weight excluding hydrogens is 546 g/mol. The van der Waals surface area contributed by atoms with Crippen molar-refractivity contribution in [3.63, 3.8) is 0 Å². The number of aliphatic imine (C=N–C) groups is 1. The van der Waals surface area contributed by atoms with E-state index in [1.807, 2.05) is 57.3 Å². The first-order chi connectivity index (χ1) is 21.9. The van der Waals surface area contributed by atoms with Gasteiger partial charge in [0.1, 0.15) is 0 Å². The molecule has 3 nitrogen and oxygen atoms in total. The van der Waals surface area contributed by atoms with Crippen LogP contribution in [0.3, 0.4) is 0 Å². The third kappa shape index (κ3) is 8.68. The molecule has 0 fully saturated rings. The first kappa shape index (κ1) is 34.8. The van der Waals surface area contributed by atoms with Crippen LogP contribution >= 0.6 is 0 Å². The lowest BCUT2D eigenvalue weighted by Gasteiger charge is -2.28. The SMILES string of the molecule is C/C=C(\CC)C1=CC=N1.C=C/C=C(\CN)c1ccc(-c2ccc3c(c2)CC(=C)C(C(=C)CC)=C3Nc2ccccc2)cc1.CC. The molecule has 1 aliphatic heterocycles. The van der Waals surface area contributed by atoms with E-state index in [1.165, 1.54) is 27.8 Å². The summed E-state index contributed by atoms with van der Waals surface area (Å²) in [5, 5.41) is 3.66. The van der Waals surface area contributed by atoms with Crippen LogP contribution in [0.15, 0.2) is 150 Å². The minimum Gasteiger partial charge on any atom is -0.355 e. The van der Waals surface area contributed by atoms with E-state index < -0.39 is 0 Å². The number of fused-ring (bicyclic) bond motifs is 1. The molecule has 0 saturated heterocycles. The van der Waals surface area contributed by atoms with Crippen LogP contribution in [0.2, 0.25) is 0 Å². The maximum absolute atomic E-state index is 5.90. The van der Waals surface area contributed by atoms with Crippen molar-refractivity contribution in [1.82, 2.24) is 0 Å². The molecule has 45 heavy (non-hydrogen) atoms. The molecule has 1 aliphatic carbocycles. The number of nitrogens with one attached hydrogen (secondary N) is 1. The van der Waals surface area contributed by atoms with Crippen molar-refractivity contribution in [1.29, 1.82) is 0 Å². The Kier molecular flexibility index (Phi) is 13.5. The maximum atomic E-state index is 5.90. The lowest BCUT2D eigenvalue weighted by Crippen LogP contribution is -2.14. The van der Waals surface area contributed by atoms with Gasteiger partial charge in [0.15, 0.2) is 0 Å². The Balaban J connectivity index is 0.000000427. The summed E-state index contributed by atoms with van der Waals surface area (Å²) in [6.07, 6.45) is 12.5. The van der Waals surface area contributed by atoms with Gasteiger partial charge in [-0.1, -0.05) is 126 Å². The number of anilines is 1. The molecule has 0 spiro atoms. The predicted octanol–water partition coefficient (Wildman–Crippen LogP) is 11.1. The van der Waals surface area contributed by atoms with Gasteiger partial charge in [0.2, 0.25) is 0 Å². The van der Waals surface area contributed by atoms with Gasteiger partial charge >= 0.3 is 0 Å². The van der Waals surface area contributed by atoms with Crippen molar-refractivity contribution < 1.29 is 0 Å². The van der Waals surface area contributed by atoms with E-state index >= 15 is 0 Å². The number of nitrogens with zero attached hydrogens (tertiary/aromatic N) is 1. The van der Waals surface area contributed by atoms with E-state index in [0.29, 0.717) is 6.54 Å². The number of para-hydroxylation sites is 1. The molecule has 3 aromatic rings. The van der Waals surface area contributed by atoms with Gasteiger partial charge in [0.25, 0.3) is 0 Å². The summed E-state index contributed by atoms with van der Waals surface area (Å²) in [4.78, 5) is 4.08. The monoisotopic (exact) mass is 595 g/mol. The molecule has 3 aromatic carbocycles. The molecule has 0 bridgehead atoms. The summed E-state index contributed by atoms with van der Waals surface area (Å²) in [7, 11) is 0. The van der Waals surface area contributed by atoms with Crippen LogP contribution in [0, 0.1) is 0 Å². The molecule has 0 saturated carbocycles. The fourth-order valence-electron chi connectivity index (χ4n) is 5.37. The van der Waals surface area contributed by atoms with E-state index in [4.69, 9.17) is 5.73 Å². The Bertz CT molecular complexity index is 1640. The summed E-state index contributed by atoms with van der Waals surface area (Å²) in [6, 6.07) is 25.6. The minimum atomic E-state index is 0.487. The smallest absolute Gasteiger partial charge is 0.0673 e. The standard InChI is InChI=1S/C32H32N2.C8H11N.C2H6/c1-5-10-27(21-33)25-15-13-24(14-16-25)26-17-18-30-28(20-26)19-23(4)31(22(3)6-2)32(30)34-29-11-8-7-9-12-29;1-3-7(4-2)8-5-6-9-8;1-2/h5,7-18,20,34H,1,3-4,6,19,21,33H2,2H3;3,5-6H,4H2,1-2H3;1-2H3/b27-10+;7-3+;. The molecule has 0 radical (unpaired) electrons. The number of rotatable bonds is 10. The van der Waals surface area contributed by atoms with Gasteiger partial charge in [-0.15, -0.1) is 0 Å². The van der Waals surface area contributed by atoms with Crippen molar-refractivity contribution in [2.45, 2.75) is 53.9 Å². The van der Waals surface area contributed by atoms with Gasteiger partial charge in [-0.05, 0) is 88.9 Å². The third-order valence-electron chi connectivity index (χ3n) is 7.84. The molecule has 3 N–H and O–H groups in total. The quantitative estimate of drug-likeness (QED) is 0.229. The van der Waals surface area contributed by atoms with E-state index in [2.05, 4.69) is 105 Å². The van der Waals surface area contributed by atoms with Crippen LogP contribution in [0.25, 0.3) is 22.4 Å². The largest absolute Gasteiger partial charge is 0.355 e. The zero-order valence-electron chi connectivity index (χ0n) is 27.8. The van der Waals surface area contributed by atoms with Crippen LogP contribution in [0.1, 0.15) is 64.2 Å². The van der Waals surface area contributed by atoms with Crippen molar-refractivity contribution in [2.24, 2.45) is 10.7 Å². The number of benzene rings is 3. The molecule has 1 heterocycles. The molecule has 2 aliphatic rings. The Hall–Kier alpha value is -4.73. The first-order valence-corrected chi connectivity index (χ1v) is 16.0. The second-order valence-corrected chi connectivity index (χ2v) is 10.6. The Morgan fingerprint density at radius 3 is 2.11 bits per heavy atom. The molecule has 0 unspecified atom stereocenters. The Morgan fingerprint density at radius 1 is 0.933 bits per heavy atom. The highest BCUT2D eigenvalue weighted by atomic mass is 14.9. The predicted molar refractivity (Wildman–Crippen MR) is 200 cm³/mol. The van der Waals surface area contributed by atoms with E-state index in [1.54, 1.807) is 6.08 Å². The van der Waals surface area contributed by atoms with Crippen LogP contribution in [-0.4, -0.2) is 12.8 Å². The third-order valence-corrected chi connectivity index (χ3v) is 7.84. The lowest BCUT2D eigenvalue weighted by molar-refractivity contribution is 1.06. The van der Waals surface area contributed by atoms with Crippen molar-refractivity contribution in [3.8, 4) is 11.1 Å². The highest BCUT2D eigenvalue weighted by Gasteiger charge is 2.24. The van der Waals surface area contributed by atoms with E-state index in [9.17, 15) is 0 Å². The van der Waals surface area contributed by atoms with Crippen molar-refractivity contribution >= 4 is 23.2 Å². The van der Waals surface area contributed by atoms with Gasteiger partial charge in [-0.3, -0.25) is 4.99 Å². The maximum Gasteiger partial charge on any atom is 0.0673 e. The highest BCUT2D eigenvalue weighted by Crippen LogP contribution is 2.40. The summed E-state index contributed by atoms with van der Waals surface area (Å²) in [6.45, 7) is 23.4. The lowest BCUT2D eigenvalue weighted by atomic mass is 9.81.